The maximum absolute atomic E-state index is 13.6. The molecule has 0 bridgehead atoms. The zero-order valence-electron chi connectivity index (χ0n) is 22.7. The standard InChI is InChI=1S/C29H33N5O6/c1-38-23-13-12-19(16-24(23)39-2)14-15-30-25(35)17-33-22-11-7-6-10-21(22)28(36)34(29(33)37)18-26-31-27(32-40-26)20-8-4-3-5-9-20/h3-5,8-9,12-13,16,21-22H,6-7,10-11,14-15,17-18H2,1-2H3,(H,30,35). The van der Waals surface area contributed by atoms with Gasteiger partial charge >= 0.3 is 6.03 Å². The van der Waals surface area contributed by atoms with E-state index in [2.05, 4.69) is 15.5 Å². The fraction of sp³-hybridized carbons (Fsp3) is 0.414. The quantitative estimate of drug-likeness (QED) is 0.409. The highest BCUT2D eigenvalue weighted by Gasteiger charge is 2.47. The Morgan fingerprint density at radius 1 is 1.05 bits per heavy atom. The van der Waals surface area contributed by atoms with E-state index in [1.54, 1.807) is 14.2 Å². The van der Waals surface area contributed by atoms with E-state index in [1.807, 2.05) is 48.5 Å². The molecule has 4 amide bonds. The van der Waals surface area contributed by atoms with Crippen LogP contribution in [0.15, 0.2) is 53.1 Å². The highest BCUT2D eigenvalue weighted by molar-refractivity contribution is 6.00. The first-order valence-electron chi connectivity index (χ1n) is 13.5. The van der Waals surface area contributed by atoms with Crippen molar-refractivity contribution < 1.29 is 28.4 Å². The van der Waals surface area contributed by atoms with Gasteiger partial charge in [-0.15, -0.1) is 0 Å². The minimum Gasteiger partial charge on any atom is -0.493 e. The van der Waals surface area contributed by atoms with Gasteiger partial charge in [0.2, 0.25) is 23.5 Å². The van der Waals surface area contributed by atoms with Crippen LogP contribution < -0.4 is 14.8 Å². The van der Waals surface area contributed by atoms with Crippen LogP contribution in [0, 0.1) is 5.92 Å². The van der Waals surface area contributed by atoms with Crippen molar-refractivity contribution in [3.63, 3.8) is 0 Å². The number of nitrogens with one attached hydrogen (secondary N) is 1. The molecule has 40 heavy (non-hydrogen) atoms. The van der Waals surface area contributed by atoms with Gasteiger partial charge in [-0.05, 0) is 37.0 Å². The van der Waals surface area contributed by atoms with Crippen molar-refractivity contribution in [3.8, 4) is 22.9 Å². The maximum Gasteiger partial charge on any atom is 0.327 e. The Balaban J connectivity index is 1.24. The summed E-state index contributed by atoms with van der Waals surface area (Å²) in [6.45, 7) is 0.115. The van der Waals surface area contributed by atoms with Crippen LogP contribution in [-0.4, -0.2) is 71.1 Å². The second-order valence-electron chi connectivity index (χ2n) is 9.96. The van der Waals surface area contributed by atoms with Gasteiger partial charge in [-0.25, -0.2) is 4.79 Å². The van der Waals surface area contributed by atoms with Crippen LogP contribution in [0.25, 0.3) is 11.4 Å². The van der Waals surface area contributed by atoms with E-state index in [4.69, 9.17) is 14.0 Å². The molecule has 210 valence electrons. The summed E-state index contributed by atoms with van der Waals surface area (Å²) in [5, 5.41) is 6.91. The average Bonchev–Trinajstić information content (AvgIpc) is 3.46. The molecule has 11 heteroatoms. The van der Waals surface area contributed by atoms with Crippen molar-refractivity contribution in [2.75, 3.05) is 27.3 Å². The Labute approximate surface area is 232 Å². The lowest BCUT2D eigenvalue weighted by atomic mass is 9.81. The van der Waals surface area contributed by atoms with E-state index >= 15 is 0 Å². The Morgan fingerprint density at radius 2 is 1.82 bits per heavy atom. The van der Waals surface area contributed by atoms with Crippen LogP contribution in [0.5, 0.6) is 11.5 Å². The Hall–Kier alpha value is -4.41. The first-order chi connectivity index (χ1) is 19.5. The molecule has 11 nitrogen and oxygen atoms in total. The van der Waals surface area contributed by atoms with Crippen LogP contribution in [-0.2, 0) is 22.6 Å². The number of ether oxygens (including phenoxy) is 2. The zero-order chi connectivity index (χ0) is 28.1. The van der Waals surface area contributed by atoms with E-state index in [1.165, 1.54) is 4.90 Å². The van der Waals surface area contributed by atoms with Crippen molar-refractivity contribution in [1.82, 2.24) is 25.3 Å². The van der Waals surface area contributed by atoms with Crippen molar-refractivity contribution in [3.05, 3.63) is 60.0 Å². The fourth-order valence-corrected chi connectivity index (χ4v) is 5.45. The van der Waals surface area contributed by atoms with E-state index in [-0.39, 0.29) is 42.8 Å². The lowest BCUT2D eigenvalue weighted by Crippen LogP contribution is -2.63. The molecule has 2 aromatic carbocycles. The number of amides is 4. The molecule has 1 aromatic heterocycles. The third kappa shape index (κ3) is 5.78. The number of aromatic nitrogens is 2. The predicted molar refractivity (Wildman–Crippen MR) is 144 cm³/mol. The van der Waals surface area contributed by atoms with Crippen LogP contribution in [0.3, 0.4) is 0 Å². The summed E-state index contributed by atoms with van der Waals surface area (Å²) in [7, 11) is 3.15. The predicted octanol–water partition coefficient (Wildman–Crippen LogP) is 3.44. The third-order valence-corrected chi connectivity index (χ3v) is 7.48. The SMILES string of the molecule is COc1ccc(CCNC(=O)CN2C(=O)N(Cc3nc(-c4ccccc4)no3)C(=O)C3CCCCC32)cc1OC. The van der Waals surface area contributed by atoms with Crippen molar-refractivity contribution in [2.24, 2.45) is 5.92 Å². The van der Waals surface area contributed by atoms with Gasteiger partial charge in [-0.2, -0.15) is 4.98 Å². The third-order valence-electron chi connectivity index (χ3n) is 7.48. The van der Waals surface area contributed by atoms with Crippen molar-refractivity contribution in [1.29, 1.82) is 0 Å². The molecule has 2 unspecified atom stereocenters. The van der Waals surface area contributed by atoms with Gasteiger partial charge in [-0.1, -0.05) is 54.4 Å². The van der Waals surface area contributed by atoms with E-state index in [9.17, 15) is 14.4 Å². The van der Waals surface area contributed by atoms with Crippen LogP contribution in [0.2, 0.25) is 0 Å². The minimum atomic E-state index is -0.511. The van der Waals surface area contributed by atoms with E-state index < -0.39 is 6.03 Å². The summed E-state index contributed by atoms with van der Waals surface area (Å²) in [5.74, 6) is 0.911. The molecule has 1 saturated heterocycles. The Morgan fingerprint density at radius 3 is 2.60 bits per heavy atom. The lowest BCUT2D eigenvalue weighted by Gasteiger charge is -2.46. The number of hydrogen-bond donors (Lipinski definition) is 1. The first kappa shape index (κ1) is 27.2. The monoisotopic (exact) mass is 547 g/mol. The van der Waals surface area contributed by atoms with Gasteiger partial charge in [0, 0.05) is 18.2 Å². The molecule has 0 spiro atoms. The molecule has 0 radical (unpaired) electrons. The summed E-state index contributed by atoms with van der Waals surface area (Å²) in [4.78, 5) is 47.0. The largest absolute Gasteiger partial charge is 0.493 e. The van der Waals surface area contributed by atoms with E-state index in [0.29, 0.717) is 43.1 Å². The van der Waals surface area contributed by atoms with Crippen LogP contribution in [0.1, 0.15) is 37.1 Å². The molecule has 1 aliphatic carbocycles. The second kappa shape index (κ2) is 12.2. The number of imide groups is 1. The van der Waals surface area contributed by atoms with Gasteiger partial charge in [0.05, 0.1) is 20.1 Å². The molecule has 1 saturated carbocycles. The number of methoxy groups -OCH3 is 2. The number of fused-ring (bicyclic) bond motifs is 1. The topological polar surface area (TPSA) is 127 Å². The van der Waals surface area contributed by atoms with Gasteiger partial charge in [0.1, 0.15) is 13.1 Å². The number of hydrogen-bond acceptors (Lipinski definition) is 8. The summed E-state index contributed by atoms with van der Waals surface area (Å²) in [5.41, 5.74) is 1.75. The van der Waals surface area contributed by atoms with Crippen LogP contribution in [0.4, 0.5) is 4.79 Å². The molecule has 2 fully saturated rings. The van der Waals surface area contributed by atoms with Crippen molar-refractivity contribution >= 4 is 17.8 Å². The molecule has 3 aromatic rings. The minimum absolute atomic E-state index is 0.130. The maximum atomic E-state index is 13.6. The lowest BCUT2D eigenvalue weighted by molar-refractivity contribution is -0.143. The number of carbonyl (C=O) groups is 3. The summed E-state index contributed by atoms with van der Waals surface area (Å²) >= 11 is 0. The average molecular weight is 548 g/mol. The molecule has 2 aliphatic rings. The molecule has 1 N–H and O–H groups in total. The van der Waals surface area contributed by atoms with Gasteiger partial charge in [-0.3, -0.25) is 14.5 Å². The summed E-state index contributed by atoms with van der Waals surface area (Å²) in [6.07, 6.45) is 3.75. The first-order valence-corrected chi connectivity index (χ1v) is 13.5. The second-order valence-corrected chi connectivity index (χ2v) is 9.96. The number of urea groups is 1. The number of nitrogens with zero attached hydrogens (tertiary/aromatic N) is 4. The normalized spacial score (nSPS) is 18.9. The molecule has 5 rings (SSSR count). The van der Waals surface area contributed by atoms with Gasteiger partial charge in [0.15, 0.2) is 11.5 Å². The van der Waals surface area contributed by atoms with Gasteiger partial charge < -0.3 is 24.2 Å². The van der Waals surface area contributed by atoms with Gasteiger partial charge in [0.25, 0.3) is 0 Å². The zero-order valence-corrected chi connectivity index (χ0v) is 22.7. The fourth-order valence-electron chi connectivity index (χ4n) is 5.45. The Kier molecular flexibility index (Phi) is 8.28. The highest BCUT2D eigenvalue weighted by atomic mass is 16.5. The molecule has 1 aliphatic heterocycles. The van der Waals surface area contributed by atoms with Crippen molar-refractivity contribution in [2.45, 2.75) is 44.7 Å². The van der Waals surface area contributed by atoms with E-state index in [0.717, 1.165) is 28.9 Å². The molecular formula is C29H33N5O6. The smallest absolute Gasteiger partial charge is 0.327 e. The molecular weight excluding hydrogens is 514 g/mol. The highest BCUT2D eigenvalue weighted by Crippen LogP contribution is 2.35. The number of rotatable bonds is 10. The Bertz CT molecular complexity index is 1360. The number of benzene rings is 2. The molecule has 2 atom stereocenters. The summed E-state index contributed by atoms with van der Waals surface area (Å²) in [6, 6.07) is 14.1. The molecule has 2 heterocycles. The van der Waals surface area contributed by atoms with Crippen LogP contribution >= 0.6 is 0 Å². The number of carbonyl (C=O) groups excluding carboxylic acids is 3. The summed E-state index contributed by atoms with van der Waals surface area (Å²) < 4.78 is 16.0.